The maximum Gasteiger partial charge on any atom is 0.0500 e. The summed E-state index contributed by atoms with van der Waals surface area (Å²) in [5, 5.41) is 0. The monoisotopic (exact) mass is 229 g/mol. The summed E-state index contributed by atoms with van der Waals surface area (Å²) in [4.78, 5) is 0. The van der Waals surface area contributed by atoms with Crippen LogP contribution in [0.3, 0.4) is 0 Å². The molecule has 0 bridgehead atoms. The van der Waals surface area contributed by atoms with E-state index in [1.807, 2.05) is 0 Å². The summed E-state index contributed by atoms with van der Waals surface area (Å²) >= 11 is 3.77. The fourth-order valence-corrected chi connectivity index (χ4v) is 2.13. The molecule has 1 nitrogen and oxygen atoms in total. The van der Waals surface area contributed by atoms with Crippen molar-refractivity contribution in [3.63, 3.8) is 0 Å². The first-order valence-corrected chi connectivity index (χ1v) is 5.27. The summed E-state index contributed by atoms with van der Waals surface area (Å²) in [7, 11) is 0. The van der Waals surface area contributed by atoms with Crippen molar-refractivity contribution < 1.29 is 0 Å². The van der Waals surface area contributed by atoms with Gasteiger partial charge in [-0.3, -0.25) is 0 Å². The van der Waals surface area contributed by atoms with Gasteiger partial charge in [0.2, 0.25) is 0 Å². The highest BCUT2D eigenvalue weighted by molar-refractivity contribution is 9.10. The van der Waals surface area contributed by atoms with Crippen LogP contribution in [0.2, 0.25) is 0 Å². The lowest BCUT2D eigenvalue weighted by Crippen LogP contribution is -2.30. The zero-order chi connectivity index (χ0) is 9.03. The predicted octanol–water partition coefficient (Wildman–Crippen LogP) is 2.62. The van der Waals surface area contributed by atoms with Crippen molar-refractivity contribution in [1.82, 2.24) is 0 Å². The number of halogens is 1. The highest BCUT2D eigenvalue weighted by Gasteiger charge is 2.30. The van der Waals surface area contributed by atoms with E-state index in [4.69, 9.17) is 5.73 Å². The van der Waals surface area contributed by atoms with E-state index in [9.17, 15) is 0 Å². The third kappa shape index (κ3) is 1.99. The van der Waals surface area contributed by atoms with E-state index in [-0.39, 0.29) is 4.32 Å². The van der Waals surface area contributed by atoms with Gasteiger partial charge in [-0.05, 0) is 25.3 Å². The molecule has 2 atom stereocenters. The third-order valence-corrected chi connectivity index (χ3v) is 3.88. The van der Waals surface area contributed by atoms with Crippen LogP contribution >= 0.6 is 15.9 Å². The van der Waals surface area contributed by atoms with Gasteiger partial charge in [0.25, 0.3) is 0 Å². The van der Waals surface area contributed by atoms with E-state index in [1.54, 1.807) is 0 Å². The number of alkyl halides is 1. The number of allylic oxidation sites excluding steroid dienone is 4. The zero-order valence-electron chi connectivity index (χ0n) is 7.46. The van der Waals surface area contributed by atoms with E-state index in [2.05, 4.69) is 47.2 Å². The topological polar surface area (TPSA) is 26.0 Å². The second-order valence-corrected chi connectivity index (χ2v) is 4.68. The van der Waals surface area contributed by atoms with Crippen LogP contribution in [0.25, 0.3) is 0 Å². The Morgan fingerprint density at radius 2 is 2.25 bits per heavy atom. The normalized spacial score (nSPS) is 34.1. The SMILES string of the molecule is CCC1(Br)C=CC=CC1CCN. The lowest BCUT2D eigenvalue weighted by Gasteiger charge is -2.32. The summed E-state index contributed by atoms with van der Waals surface area (Å²) in [6, 6.07) is 0. The Bertz CT molecular complexity index is 198. The van der Waals surface area contributed by atoms with Crippen LogP contribution < -0.4 is 5.73 Å². The molecule has 1 aliphatic carbocycles. The minimum Gasteiger partial charge on any atom is -0.330 e. The van der Waals surface area contributed by atoms with Gasteiger partial charge >= 0.3 is 0 Å². The van der Waals surface area contributed by atoms with Crippen molar-refractivity contribution in [3.8, 4) is 0 Å². The standard InChI is InChI=1S/C10H16BrN/c1-2-10(11)7-4-3-5-9(10)6-8-12/h3-5,7,9H,2,6,8,12H2,1H3. The molecule has 1 aliphatic rings. The first kappa shape index (κ1) is 10.0. The Kier molecular flexibility index (Phi) is 3.53. The average molecular weight is 230 g/mol. The Morgan fingerprint density at radius 1 is 1.50 bits per heavy atom. The number of rotatable bonds is 3. The average Bonchev–Trinajstić information content (AvgIpc) is 2.10. The molecule has 0 saturated carbocycles. The molecular weight excluding hydrogens is 214 g/mol. The van der Waals surface area contributed by atoms with Crippen LogP contribution in [0.5, 0.6) is 0 Å². The quantitative estimate of drug-likeness (QED) is 0.741. The number of hydrogen-bond donors (Lipinski definition) is 1. The van der Waals surface area contributed by atoms with Crippen LogP contribution in [0, 0.1) is 5.92 Å². The van der Waals surface area contributed by atoms with E-state index >= 15 is 0 Å². The molecule has 0 aliphatic heterocycles. The van der Waals surface area contributed by atoms with Gasteiger partial charge in [0.15, 0.2) is 0 Å². The summed E-state index contributed by atoms with van der Waals surface area (Å²) < 4.78 is 0.154. The Labute approximate surface area is 82.8 Å². The Balaban J connectivity index is 2.70. The minimum atomic E-state index is 0.154. The summed E-state index contributed by atoms with van der Waals surface area (Å²) in [6.45, 7) is 2.96. The second kappa shape index (κ2) is 4.24. The van der Waals surface area contributed by atoms with Crippen LogP contribution in [0.4, 0.5) is 0 Å². The first-order valence-electron chi connectivity index (χ1n) is 4.48. The largest absolute Gasteiger partial charge is 0.330 e. The van der Waals surface area contributed by atoms with Crippen LogP contribution in [0.1, 0.15) is 19.8 Å². The minimum absolute atomic E-state index is 0.154. The molecular formula is C10H16BrN. The molecule has 0 saturated heterocycles. The molecule has 2 N–H and O–H groups in total. The molecule has 12 heavy (non-hydrogen) atoms. The van der Waals surface area contributed by atoms with Gasteiger partial charge < -0.3 is 5.73 Å². The maximum atomic E-state index is 5.56. The van der Waals surface area contributed by atoms with Crippen LogP contribution in [-0.2, 0) is 0 Å². The highest BCUT2D eigenvalue weighted by atomic mass is 79.9. The fourth-order valence-electron chi connectivity index (χ4n) is 1.59. The molecule has 0 aromatic rings. The van der Waals surface area contributed by atoms with Crippen molar-refractivity contribution in [1.29, 1.82) is 0 Å². The second-order valence-electron chi connectivity index (χ2n) is 3.21. The van der Waals surface area contributed by atoms with Gasteiger partial charge in [-0.25, -0.2) is 0 Å². The van der Waals surface area contributed by atoms with Crippen molar-refractivity contribution in [2.75, 3.05) is 6.54 Å². The molecule has 0 amide bonds. The molecule has 0 fully saturated rings. The zero-order valence-corrected chi connectivity index (χ0v) is 9.05. The van der Waals surface area contributed by atoms with Crippen molar-refractivity contribution in [2.24, 2.45) is 11.7 Å². The summed E-state index contributed by atoms with van der Waals surface area (Å²) in [5.74, 6) is 0.553. The van der Waals surface area contributed by atoms with Gasteiger partial charge in [0.1, 0.15) is 0 Å². The molecule has 2 unspecified atom stereocenters. The van der Waals surface area contributed by atoms with Gasteiger partial charge in [0, 0.05) is 4.32 Å². The van der Waals surface area contributed by atoms with Gasteiger partial charge in [0.05, 0.1) is 0 Å². The van der Waals surface area contributed by atoms with Gasteiger partial charge in [-0.15, -0.1) is 0 Å². The molecule has 0 heterocycles. The summed E-state index contributed by atoms with van der Waals surface area (Å²) in [5.41, 5.74) is 5.56. The van der Waals surface area contributed by atoms with E-state index in [1.165, 1.54) is 0 Å². The fraction of sp³-hybridized carbons (Fsp3) is 0.600. The highest BCUT2D eigenvalue weighted by Crippen LogP contribution is 2.37. The molecule has 1 rings (SSSR count). The lowest BCUT2D eigenvalue weighted by molar-refractivity contribution is 0.483. The lowest BCUT2D eigenvalue weighted by atomic mass is 9.84. The number of hydrogen-bond acceptors (Lipinski definition) is 1. The molecule has 2 heteroatoms. The molecule has 0 spiro atoms. The Hall–Kier alpha value is -0.0800. The smallest absolute Gasteiger partial charge is 0.0500 e. The van der Waals surface area contributed by atoms with Crippen LogP contribution in [0.15, 0.2) is 24.3 Å². The number of nitrogens with two attached hydrogens (primary N) is 1. The predicted molar refractivity (Wildman–Crippen MR) is 57.4 cm³/mol. The third-order valence-electron chi connectivity index (χ3n) is 2.46. The summed E-state index contributed by atoms with van der Waals surface area (Å²) in [6.07, 6.45) is 10.8. The van der Waals surface area contributed by atoms with Crippen molar-refractivity contribution in [3.05, 3.63) is 24.3 Å². The molecule has 68 valence electrons. The van der Waals surface area contributed by atoms with E-state index in [0.29, 0.717) is 5.92 Å². The molecule has 0 radical (unpaired) electrons. The van der Waals surface area contributed by atoms with Crippen molar-refractivity contribution in [2.45, 2.75) is 24.1 Å². The maximum absolute atomic E-state index is 5.56. The van der Waals surface area contributed by atoms with E-state index < -0.39 is 0 Å². The van der Waals surface area contributed by atoms with Gasteiger partial charge in [-0.2, -0.15) is 0 Å². The van der Waals surface area contributed by atoms with Crippen molar-refractivity contribution >= 4 is 15.9 Å². The first-order chi connectivity index (χ1) is 5.73. The molecule has 0 aromatic heterocycles. The van der Waals surface area contributed by atoms with Crippen LogP contribution in [-0.4, -0.2) is 10.9 Å². The Morgan fingerprint density at radius 3 is 2.83 bits per heavy atom. The molecule has 0 aromatic carbocycles. The van der Waals surface area contributed by atoms with Gasteiger partial charge in [-0.1, -0.05) is 47.2 Å². The van der Waals surface area contributed by atoms with E-state index in [0.717, 1.165) is 19.4 Å².